The van der Waals surface area contributed by atoms with E-state index >= 15 is 0 Å². The predicted octanol–water partition coefficient (Wildman–Crippen LogP) is 2.11. The molecule has 1 aliphatic carbocycles. The summed E-state index contributed by atoms with van der Waals surface area (Å²) >= 11 is 0. The fourth-order valence-corrected chi connectivity index (χ4v) is 3.85. The number of hydrogen-bond donors (Lipinski definition) is 1. The summed E-state index contributed by atoms with van der Waals surface area (Å²) in [6.45, 7) is 5.16. The van der Waals surface area contributed by atoms with E-state index in [1.165, 1.54) is 25.3 Å². The molecule has 1 aromatic rings. The van der Waals surface area contributed by atoms with Crippen LogP contribution in [0.15, 0.2) is 36.9 Å². The summed E-state index contributed by atoms with van der Waals surface area (Å²) in [6.07, 6.45) is 7.04. The van der Waals surface area contributed by atoms with Crippen molar-refractivity contribution in [2.45, 2.75) is 44.7 Å². The molecule has 1 aliphatic heterocycles. The summed E-state index contributed by atoms with van der Waals surface area (Å²) in [5.74, 6) is -0.289. The SMILES string of the molecule is C=CC(=O)NCc1ccc(C(=O)N2CCN(C3CCCCC3)C(=O)C2)cc1. The average molecular weight is 369 g/mol. The van der Waals surface area contributed by atoms with Crippen molar-refractivity contribution in [1.82, 2.24) is 15.1 Å². The molecule has 1 saturated heterocycles. The van der Waals surface area contributed by atoms with Crippen molar-refractivity contribution in [3.8, 4) is 0 Å². The Morgan fingerprint density at radius 2 is 1.81 bits per heavy atom. The normalized spacial score (nSPS) is 18.3. The van der Waals surface area contributed by atoms with Crippen molar-refractivity contribution >= 4 is 17.7 Å². The maximum atomic E-state index is 12.7. The number of piperazine rings is 1. The summed E-state index contributed by atoms with van der Waals surface area (Å²) < 4.78 is 0. The fraction of sp³-hybridized carbons (Fsp3) is 0.476. The minimum absolute atomic E-state index is 0.0604. The lowest BCUT2D eigenvalue weighted by Gasteiger charge is -2.40. The van der Waals surface area contributed by atoms with Crippen molar-refractivity contribution in [2.75, 3.05) is 19.6 Å². The Balaban J connectivity index is 1.56. The van der Waals surface area contributed by atoms with E-state index in [1.54, 1.807) is 17.0 Å². The molecule has 1 N–H and O–H groups in total. The lowest BCUT2D eigenvalue weighted by atomic mass is 9.93. The first kappa shape index (κ1) is 19.1. The molecule has 1 saturated carbocycles. The third-order valence-corrected chi connectivity index (χ3v) is 5.41. The molecule has 0 spiro atoms. The van der Waals surface area contributed by atoms with Gasteiger partial charge in [0, 0.05) is 31.2 Å². The summed E-state index contributed by atoms with van der Waals surface area (Å²) in [4.78, 5) is 40.1. The number of hydrogen-bond acceptors (Lipinski definition) is 3. The van der Waals surface area contributed by atoms with Gasteiger partial charge < -0.3 is 15.1 Å². The van der Waals surface area contributed by atoms with Gasteiger partial charge >= 0.3 is 0 Å². The number of nitrogens with zero attached hydrogens (tertiary/aromatic N) is 2. The highest BCUT2D eigenvalue weighted by Crippen LogP contribution is 2.24. The van der Waals surface area contributed by atoms with Gasteiger partial charge in [-0.25, -0.2) is 0 Å². The van der Waals surface area contributed by atoms with E-state index in [4.69, 9.17) is 0 Å². The van der Waals surface area contributed by atoms with Gasteiger partial charge in [0.2, 0.25) is 11.8 Å². The summed E-state index contributed by atoms with van der Waals surface area (Å²) in [5.41, 5.74) is 1.47. The Labute approximate surface area is 160 Å². The van der Waals surface area contributed by atoms with Crippen molar-refractivity contribution in [1.29, 1.82) is 0 Å². The van der Waals surface area contributed by atoms with Crippen LogP contribution < -0.4 is 5.32 Å². The Kier molecular flexibility index (Phi) is 6.27. The van der Waals surface area contributed by atoms with E-state index in [0.29, 0.717) is 31.2 Å². The van der Waals surface area contributed by atoms with Crippen LogP contribution in [0, 0.1) is 0 Å². The zero-order valence-corrected chi connectivity index (χ0v) is 15.7. The van der Waals surface area contributed by atoms with Gasteiger partial charge in [0.1, 0.15) is 6.54 Å². The van der Waals surface area contributed by atoms with E-state index in [9.17, 15) is 14.4 Å². The molecule has 0 unspecified atom stereocenters. The van der Waals surface area contributed by atoms with Gasteiger partial charge in [-0.3, -0.25) is 14.4 Å². The summed E-state index contributed by atoms with van der Waals surface area (Å²) in [6, 6.07) is 7.48. The van der Waals surface area contributed by atoms with Crippen LogP contribution >= 0.6 is 0 Å². The maximum absolute atomic E-state index is 12.7. The quantitative estimate of drug-likeness (QED) is 0.808. The van der Waals surface area contributed by atoms with Crippen LogP contribution in [0.3, 0.4) is 0 Å². The van der Waals surface area contributed by atoms with Crippen molar-refractivity contribution in [3.05, 3.63) is 48.0 Å². The zero-order valence-electron chi connectivity index (χ0n) is 15.7. The second-order valence-electron chi connectivity index (χ2n) is 7.22. The van der Waals surface area contributed by atoms with Crippen LogP contribution in [0.25, 0.3) is 0 Å². The van der Waals surface area contributed by atoms with E-state index in [-0.39, 0.29) is 24.3 Å². The minimum Gasteiger partial charge on any atom is -0.348 e. The van der Waals surface area contributed by atoms with Crippen LogP contribution in [0.5, 0.6) is 0 Å². The van der Waals surface area contributed by atoms with Crippen molar-refractivity contribution in [3.63, 3.8) is 0 Å². The van der Waals surface area contributed by atoms with Crippen LogP contribution in [0.1, 0.15) is 48.0 Å². The van der Waals surface area contributed by atoms with E-state index in [0.717, 1.165) is 18.4 Å². The Morgan fingerprint density at radius 3 is 2.44 bits per heavy atom. The van der Waals surface area contributed by atoms with Crippen LogP contribution in [-0.4, -0.2) is 53.2 Å². The molecule has 144 valence electrons. The molecule has 0 bridgehead atoms. The standard InChI is InChI=1S/C21H27N3O3/c1-2-19(25)22-14-16-8-10-17(11-9-16)21(27)23-12-13-24(20(26)15-23)18-6-4-3-5-7-18/h2,8-11,18H,1,3-7,12-15H2,(H,22,25). The highest BCUT2D eigenvalue weighted by atomic mass is 16.2. The van der Waals surface area contributed by atoms with Crippen LogP contribution in [0.2, 0.25) is 0 Å². The topological polar surface area (TPSA) is 69.7 Å². The first-order valence-electron chi connectivity index (χ1n) is 9.66. The van der Waals surface area contributed by atoms with Gasteiger partial charge in [-0.05, 0) is 36.6 Å². The molecule has 6 nitrogen and oxygen atoms in total. The molecule has 1 heterocycles. The smallest absolute Gasteiger partial charge is 0.254 e. The molecule has 0 radical (unpaired) electrons. The van der Waals surface area contributed by atoms with Gasteiger partial charge in [-0.2, -0.15) is 0 Å². The zero-order chi connectivity index (χ0) is 19.2. The largest absolute Gasteiger partial charge is 0.348 e. The molecule has 0 atom stereocenters. The average Bonchev–Trinajstić information content (AvgIpc) is 2.72. The lowest BCUT2D eigenvalue weighted by molar-refractivity contribution is -0.138. The number of carbonyl (C=O) groups excluding carboxylic acids is 3. The lowest BCUT2D eigenvalue weighted by Crippen LogP contribution is -2.55. The fourth-order valence-electron chi connectivity index (χ4n) is 3.85. The molecule has 6 heteroatoms. The number of amides is 3. The Bertz CT molecular complexity index is 708. The Hall–Kier alpha value is -2.63. The molecule has 1 aromatic carbocycles. The first-order valence-corrected chi connectivity index (χ1v) is 9.66. The summed E-state index contributed by atoms with van der Waals surface area (Å²) in [7, 11) is 0. The van der Waals surface area contributed by atoms with Crippen molar-refractivity contribution in [2.24, 2.45) is 0 Å². The minimum atomic E-state index is -0.232. The monoisotopic (exact) mass is 369 g/mol. The van der Waals surface area contributed by atoms with E-state index < -0.39 is 0 Å². The van der Waals surface area contributed by atoms with Gasteiger partial charge in [-0.15, -0.1) is 0 Å². The molecule has 3 rings (SSSR count). The van der Waals surface area contributed by atoms with Gasteiger partial charge in [0.15, 0.2) is 0 Å². The van der Waals surface area contributed by atoms with E-state index in [1.807, 2.05) is 17.0 Å². The third kappa shape index (κ3) is 4.76. The van der Waals surface area contributed by atoms with E-state index in [2.05, 4.69) is 11.9 Å². The molecule has 3 amide bonds. The molecule has 27 heavy (non-hydrogen) atoms. The van der Waals surface area contributed by atoms with Gasteiger partial charge in [-0.1, -0.05) is 38.0 Å². The number of carbonyl (C=O) groups is 3. The number of rotatable bonds is 5. The molecular formula is C21H27N3O3. The third-order valence-electron chi connectivity index (χ3n) is 5.41. The highest BCUT2D eigenvalue weighted by molar-refractivity contribution is 5.97. The van der Waals surface area contributed by atoms with Crippen molar-refractivity contribution < 1.29 is 14.4 Å². The highest BCUT2D eigenvalue weighted by Gasteiger charge is 2.32. The number of nitrogens with one attached hydrogen (secondary N) is 1. The first-order chi connectivity index (χ1) is 13.1. The maximum Gasteiger partial charge on any atom is 0.254 e. The van der Waals surface area contributed by atoms with Gasteiger partial charge in [0.25, 0.3) is 5.91 Å². The predicted molar refractivity (Wildman–Crippen MR) is 103 cm³/mol. The molecular weight excluding hydrogens is 342 g/mol. The van der Waals surface area contributed by atoms with Gasteiger partial charge in [0.05, 0.1) is 0 Å². The van der Waals surface area contributed by atoms with Crippen LogP contribution in [0.4, 0.5) is 0 Å². The summed E-state index contributed by atoms with van der Waals surface area (Å²) in [5, 5.41) is 2.70. The Morgan fingerprint density at radius 1 is 1.11 bits per heavy atom. The molecule has 0 aromatic heterocycles. The number of benzene rings is 1. The second kappa shape index (κ2) is 8.84. The van der Waals surface area contributed by atoms with Crippen LogP contribution in [-0.2, 0) is 16.1 Å². The molecule has 2 aliphatic rings. The second-order valence-corrected chi connectivity index (χ2v) is 7.22. The molecule has 2 fully saturated rings.